The van der Waals surface area contributed by atoms with E-state index in [1.54, 1.807) is 18.2 Å². The zero-order valence-electron chi connectivity index (χ0n) is 12.1. The van der Waals surface area contributed by atoms with Crippen LogP contribution in [0, 0.1) is 6.92 Å². The molecule has 0 bridgehead atoms. The summed E-state index contributed by atoms with van der Waals surface area (Å²) in [6, 6.07) is 14.4. The van der Waals surface area contributed by atoms with E-state index in [0.29, 0.717) is 18.5 Å². The van der Waals surface area contributed by atoms with Crippen molar-refractivity contribution in [2.75, 3.05) is 0 Å². The van der Waals surface area contributed by atoms with Crippen LogP contribution in [0.3, 0.4) is 0 Å². The van der Waals surface area contributed by atoms with Gasteiger partial charge in [0.15, 0.2) is 0 Å². The van der Waals surface area contributed by atoms with Crippen molar-refractivity contribution in [2.24, 2.45) is 5.10 Å². The molecule has 0 atom stereocenters. The minimum atomic E-state index is -0.970. The first kappa shape index (κ1) is 15.4. The summed E-state index contributed by atoms with van der Waals surface area (Å²) in [6.45, 7) is 1.96. The molecule has 1 amide bonds. The predicted molar refractivity (Wildman–Crippen MR) is 84.0 cm³/mol. The van der Waals surface area contributed by atoms with Crippen molar-refractivity contribution in [1.82, 2.24) is 5.43 Å². The second-order valence-corrected chi connectivity index (χ2v) is 4.80. The molecule has 2 aromatic rings. The topological polar surface area (TPSA) is 78.8 Å². The number of hydrogen-bond acceptors (Lipinski definition) is 3. The van der Waals surface area contributed by atoms with Gasteiger partial charge < -0.3 is 5.11 Å². The van der Waals surface area contributed by atoms with Crippen LogP contribution in [0.25, 0.3) is 0 Å². The van der Waals surface area contributed by atoms with Crippen LogP contribution in [0.15, 0.2) is 53.6 Å². The Balaban J connectivity index is 2.36. The summed E-state index contributed by atoms with van der Waals surface area (Å²) in [7, 11) is 0. The predicted octanol–water partition coefficient (Wildman–Crippen LogP) is 2.39. The van der Waals surface area contributed by atoms with Crippen molar-refractivity contribution in [3.63, 3.8) is 0 Å². The van der Waals surface area contributed by atoms with Crippen LogP contribution in [-0.2, 0) is 11.2 Å². The highest BCUT2D eigenvalue weighted by Crippen LogP contribution is 2.14. The Bertz CT molecular complexity index is 723. The summed E-state index contributed by atoms with van der Waals surface area (Å²) in [5.74, 6) is -0.970. The molecule has 0 radical (unpaired) electrons. The van der Waals surface area contributed by atoms with Crippen LogP contribution < -0.4 is 5.43 Å². The smallest absolute Gasteiger partial charge is 0.335 e. The molecule has 0 saturated heterocycles. The average Bonchev–Trinajstić information content (AvgIpc) is 2.52. The van der Waals surface area contributed by atoms with E-state index in [4.69, 9.17) is 5.11 Å². The maximum atomic E-state index is 11.0. The van der Waals surface area contributed by atoms with Crippen molar-refractivity contribution in [2.45, 2.75) is 13.3 Å². The van der Waals surface area contributed by atoms with Crippen LogP contribution in [0.1, 0.15) is 27.0 Å². The van der Waals surface area contributed by atoms with Gasteiger partial charge in [-0.3, -0.25) is 4.79 Å². The van der Waals surface area contributed by atoms with Gasteiger partial charge in [0.2, 0.25) is 6.41 Å². The monoisotopic (exact) mass is 296 g/mol. The third-order valence-electron chi connectivity index (χ3n) is 3.25. The minimum absolute atomic E-state index is 0.227. The molecule has 5 heteroatoms. The second kappa shape index (κ2) is 7.17. The molecular formula is C17H16N2O3. The Morgan fingerprint density at radius 2 is 2.00 bits per heavy atom. The second-order valence-electron chi connectivity index (χ2n) is 4.80. The highest BCUT2D eigenvalue weighted by molar-refractivity contribution is 6.03. The van der Waals surface area contributed by atoms with Crippen LogP contribution in [0.5, 0.6) is 0 Å². The number of nitrogens with one attached hydrogen (secondary N) is 1. The first-order valence-electron chi connectivity index (χ1n) is 6.76. The third-order valence-corrected chi connectivity index (χ3v) is 3.25. The molecule has 22 heavy (non-hydrogen) atoms. The maximum absolute atomic E-state index is 11.0. The molecule has 2 aromatic carbocycles. The molecule has 0 aliphatic heterocycles. The molecule has 112 valence electrons. The summed E-state index contributed by atoms with van der Waals surface area (Å²) in [5.41, 5.74) is 5.98. The molecule has 0 saturated carbocycles. The molecule has 0 spiro atoms. The largest absolute Gasteiger partial charge is 0.478 e. The number of hydrogen-bond donors (Lipinski definition) is 2. The van der Waals surface area contributed by atoms with Gasteiger partial charge in [0.05, 0.1) is 11.3 Å². The number of benzene rings is 2. The highest BCUT2D eigenvalue weighted by atomic mass is 16.4. The first-order chi connectivity index (χ1) is 10.6. The van der Waals surface area contributed by atoms with Gasteiger partial charge >= 0.3 is 5.97 Å². The van der Waals surface area contributed by atoms with Crippen molar-refractivity contribution in [3.05, 3.63) is 70.8 Å². The molecule has 0 unspecified atom stereocenters. The summed E-state index contributed by atoms with van der Waals surface area (Å²) in [5, 5.41) is 13.2. The molecular weight excluding hydrogens is 280 g/mol. The van der Waals surface area contributed by atoms with E-state index in [-0.39, 0.29) is 5.56 Å². The fourth-order valence-corrected chi connectivity index (χ4v) is 2.20. The maximum Gasteiger partial charge on any atom is 0.335 e. The van der Waals surface area contributed by atoms with Crippen LogP contribution in [-0.4, -0.2) is 23.2 Å². The van der Waals surface area contributed by atoms with E-state index in [1.807, 2.05) is 37.3 Å². The third kappa shape index (κ3) is 3.79. The van der Waals surface area contributed by atoms with Crippen molar-refractivity contribution < 1.29 is 14.7 Å². The lowest BCUT2D eigenvalue weighted by Crippen LogP contribution is -2.14. The lowest BCUT2D eigenvalue weighted by Gasteiger charge is -2.10. The number of rotatable bonds is 6. The van der Waals surface area contributed by atoms with Crippen molar-refractivity contribution >= 4 is 18.1 Å². The van der Waals surface area contributed by atoms with Gasteiger partial charge in [0, 0.05) is 12.0 Å². The number of carboxylic acid groups (broad SMARTS) is 1. The number of carbonyl (C=O) groups is 2. The Labute approximate surface area is 128 Å². The van der Waals surface area contributed by atoms with Crippen LogP contribution in [0.2, 0.25) is 0 Å². The SMILES string of the molecule is Cc1ccccc1C(Cc1cccc(C(=O)O)c1)=NNC=O. The van der Waals surface area contributed by atoms with E-state index in [9.17, 15) is 9.59 Å². The number of aromatic carboxylic acids is 1. The molecule has 0 heterocycles. The highest BCUT2D eigenvalue weighted by Gasteiger charge is 2.10. The van der Waals surface area contributed by atoms with Gasteiger partial charge in [-0.25, -0.2) is 10.2 Å². The quantitative estimate of drug-likeness (QED) is 0.488. The first-order valence-corrected chi connectivity index (χ1v) is 6.76. The zero-order chi connectivity index (χ0) is 15.9. The van der Waals surface area contributed by atoms with Gasteiger partial charge in [-0.2, -0.15) is 5.10 Å². The summed E-state index contributed by atoms with van der Waals surface area (Å²) in [6.07, 6.45) is 0.929. The minimum Gasteiger partial charge on any atom is -0.478 e. The fraction of sp³-hybridized carbons (Fsp3) is 0.118. The zero-order valence-corrected chi connectivity index (χ0v) is 12.1. The van der Waals surface area contributed by atoms with E-state index in [2.05, 4.69) is 10.5 Å². The van der Waals surface area contributed by atoms with E-state index >= 15 is 0 Å². The molecule has 0 fully saturated rings. The Hall–Kier alpha value is -2.95. The number of carboxylic acids is 1. The molecule has 5 nitrogen and oxygen atoms in total. The Kier molecular flexibility index (Phi) is 5.03. The number of amides is 1. The number of aryl methyl sites for hydroxylation is 1. The normalized spacial score (nSPS) is 11.0. The summed E-state index contributed by atoms with van der Waals surface area (Å²) >= 11 is 0. The van der Waals surface area contributed by atoms with Crippen molar-refractivity contribution in [1.29, 1.82) is 0 Å². The van der Waals surface area contributed by atoms with Gasteiger partial charge in [0.1, 0.15) is 0 Å². The number of carbonyl (C=O) groups excluding carboxylic acids is 1. The summed E-state index contributed by atoms with van der Waals surface area (Å²) < 4.78 is 0. The van der Waals surface area contributed by atoms with Crippen molar-refractivity contribution in [3.8, 4) is 0 Å². The van der Waals surface area contributed by atoms with E-state index in [0.717, 1.165) is 16.7 Å². The van der Waals surface area contributed by atoms with E-state index < -0.39 is 5.97 Å². The number of nitrogens with zero attached hydrogens (tertiary/aromatic N) is 1. The molecule has 0 aliphatic carbocycles. The fourth-order valence-electron chi connectivity index (χ4n) is 2.20. The molecule has 0 aromatic heterocycles. The number of hydrazone groups is 1. The Morgan fingerprint density at radius 1 is 1.23 bits per heavy atom. The lowest BCUT2D eigenvalue weighted by molar-refractivity contribution is -0.109. The van der Waals surface area contributed by atoms with Gasteiger partial charge in [-0.15, -0.1) is 0 Å². The van der Waals surface area contributed by atoms with Gasteiger partial charge in [-0.05, 0) is 30.2 Å². The molecule has 2 rings (SSSR count). The standard InChI is InChI=1S/C17H16N2O3/c1-12-5-2-3-8-15(12)16(19-18-11-20)10-13-6-4-7-14(9-13)17(21)22/h2-9,11H,10H2,1H3,(H,18,20)(H,21,22). The van der Waals surface area contributed by atoms with Crippen LogP contribution >= 0.6 is 0 Å². The lowest BCUT2D eigenvalue weighted by atomic mass is 9.97. The van der Waals surface area contributed by atoms with Gasteiger partial charge in [0.25, 0.3) is 0 Å². The summed E-state index contributed by atoms with van der Waals surface area (Å²) in [4.78, 5) is 21.6. The molecule has 2 N–H and O–H groups in total. The van der Waals surface area contributed by atoms with Gasteiger partial charge in [-0.1, -0.05) is 36.4 Å². The van der Waals surface area contributed by atoms with Crippen LogP contribution in [0.4, 0.5) is 0 Å². The van der Waals surface area contributed by atoms with E-state index in [1.165, 1.54) is 0 Å². The Morgan fingerprint density at radius 3 is 2.68 bits per heavy atom. The average molecular weight is 296 g/mol. The molecule has 0 aliphatic rings.